The van der Waals surface area contributed by atoms with Crippen molar-refractivity contribution in [3.63, 3.8) is 0 Å². The summed E-state index contributed by atoms with van der Waals surface area (Å²) in [6.45, 7) is 3.75. The number of ether oxygens (including phenoxy) is 1. The standard InChI is InChI=1S/C20H22N2O6S/c1-3-11-27-19(23)13-22-17-10-9-15(12-18(17)28-20(22)24)29(25,26)21-16-8-6-5-7-14(16)4-2/h5-10,12,21H,3-4,11,13H2,1-2H3. The normalized spacial score (nSPS) is 11.5. The number of carbonyl (C=O) groups excluding carboxylic acids is 1. The van der Waals surface area contributed by atoms with E-state index >= 15 is 0 Å². The minimum atomic E-state index is -3.89. The van der Waals surface area contributed by atoms with Crippen LogP contribution in [0.1, 0.15) is 25.8 Å². The van der Waals surface area contributed by atoms with Gasteiger partial charge in [-0.1, -0.05) is 32.0 Å². The first kappa shape index (κ1) is 20.7. The zero-order valence-electron chi connectivity index (χ0n) is 16.2. The van der Waals surface area contributed by atoms with Crippen molar-refractivity contribution in [2.75, 3.05) is 11.3 Å². The van der Waals surface area contributed by atoms with Gasteiger partial charge in [0.2, 0.25) is 0 Å². The van der Waals surface area contributed by atoms with Gasteiger partial charge in [0.1, 0.15) is 6.54 Å². The summed E-state index contributed by atoms with van der Waals surface area (Å²) in [7, 11) is -3.89. The average Bonchev–Trinajstić information content (AvgIpc) is 3.01. The van der Waals surface area contributed by atoms with E-state index < -0.39 is 21.7 Å². The molecule has 0 radical (unpaired) electrons. The first-order valence-electron chi connectivity index (χ1n) is 9.25. The molecule has 2 aromatic carbocycles. The van der Waals surface area contributed by atoms with Crippen molar-refractivity contribution >= 4 is 32.8 Å². The molecule has 3 aromatic rings. The number of aromatic nitrogens is 1. The number of nitrogens with zero attached hydrogens (tertiary/aromatic N) is 1. The van der Waals surface area contributed by atoms with Crippen molar-refractivity contribution in [2.24, 2.45) is 0 Å². The fourth-order valence-corrected chi connectivity index (χ4v) is 4.00. The van der Waals surface area contributed by atoms with Crippen LogP contribution in [-0.4, -0.2) is 25.6 Å². The molecule has 0 aliphatic rings. The lowest BCUT2D eigenvalue weighted by Crippen LogP contribution is -2.21. The predicted octanol–water partition coefficient (Wildman–Crippen LogP) is 2.91. The third-order valence-corrected chi connectivity index (χ3v) is 5.71. The van der Waals surface area contributed by atoms with Gasteiger partial charge in [-0.05, 0) is 36.6 Å². The Kier molecular flexibility index (Phi) is 6.07. The molecule has 1 aromatic heterocycles. The molecule has 0 fully saturated rings. The Morgan fingerprint density at radius 2 is 1.93 bits per heavy atom. The maximum atomic E-state index is 12.8. The second-order valence-electron chi connectivity index (χ2n) is 6.42. The summed E-state index contributed by atoms with van der Waals surface area (Å²) in [5.74, 6) is -1.32. The summed E-state index contributed by atoms with van der Waals surface area (Å²) in [4.78, 5) is 23.9. The molecule has 9 heteroatoms. The number of para-hydroxylation sites is 1. The highest BCUT2D eigenvalue weighted by atomic mass is 32.2. The lowest BCUT2D eigenvalue weighted by molar-refractivity contribution is -0.144. The first-order valence-corrected chi connectivity index (χ1v) is 10.7. The summed E-state index contributed by atoms with van der Waals surface area (Å²) in [6, 6.07) is 11.2. The molecule has 0 aliphatic heterocycles. The Bertz CT molecular complexity index is 1190. The van der Waals surface area contributed by atoms with Crippen molar-refractivity contribution in [3.05, 3.63) is 58.6 Å². The van der Waals surface area contributed by atoms with Crippen LogP contribution in [0.3, 0.4) is 0 Å². The van der Waals surface area contributed by atoms with Crippen LogP contribution < -0.4 is 10.5 Å². The number of rotatable bonds is 8. The molecule has 0 spiro atoms. The Hall–Kier alpha value is -3.07. The van der Waals surface area contributed by atoms with Gasteiger partial charge >= 0.3 is 11.7 Å². The highest BCUT2D eigenvalue weighted by Crippen LogP contribution is 2.23. The number of carbonyl (C=O) groups is 1. The number of anilines is 1. The van der Waals surface area contributed by atoms with Gasteiger partial charge < -0.3 is 9.15 Å². The van der Waals surface area contributed by atoms with Gasteiger partial charge in [-0.3, -0.25) is 14.1 Å². The summed E-state index contributed by atoms with van der Waals surface area (Å²) < 4.78 is 39.4. The van der Waals surface area contributed by atoms with Gasteiger partial charge in [0.05, 0.1) is 22.7 Å². The van der Waals surface area contributed by atoms with Crippen molar-refractivity contribution < 1.29 is 22.4 Å². The maximum Gasteiger partial charge on any atom is 0.420 e. The van der Waals surface area contributed by atoms with E-state index in [9.17, 15) is 18.0 Å². The lowest BCUT2D eigenvalue weighted by Gasteiger charge is -2.11. The van der Waals surface area contributed by atoms with E-state index in [0.29, 0.717) is 24.0 Å². The minimum Gasteiger partial charge on any atom is -0.464 e. The smallest absolute Gasteiger partial charge is 0.420 e. The quantitative estimate of drug-likeness (QED) is 0.564. The molecule has 8 nitrogen and oxygen atoms in total. The topological polar surface area (TPSA) is 108 Å². The number of aryl methyl sites for hydroxylation is 1. The van der Waals surface area contributed by atoms with E-state index in [1.165, 1.54) is 18.2 Å². The number of oxazole rings is 1. The molecular formula is C20H22N2O6S. The van der Waals surface area contributed by atoms with E-state index in [0.717, 1.165) is 10.1 Å². The Morgan fingerprint density at radius 1 is 1.17 bits per heavy atom. The monoisotopic (exact) mass is 418 g/mol. The van der Waals surface area contributed by atoms with Crippen molar-refractivity contribution in [2.45, 2.75) is 38.1 Å². The SMILES string of the molecule is CCCOC(=O)Cn1c(=O)oc2cc(S(=O)(=O)Nc3ccccc3CC)ccc21. The number of sulfonamides is 1. The summed E-state index contributed by atoms with van der Waals surface area (Å²) in [6.07, 6.45) is 1.34. The molecule has 1 N–H and O–H groups in total. The molecule has 0 bridgehead atoms. The van der Waals surface area contributed by atoms with Crippen LogP contribution in [0.5, 0.6) is 0 Å². The Morgan fingerprint density at radius 3 is 2.66 bits per heavy atom. The van der Waals surface area contributed by atoms with Gasteiger partial charge in [-0.25, -0.2) is 13.2 Å². The number of nitrogens with one attached hydrogen (secondary N) is 1. The van der Waals surface area contributed by atoms with Crippen LogP contribution in [-0.2, 0) is 32.5 Å². The fourth-order valence-electron chi connectivity index (χ4n) is 2.89. The first-order chi connectivity index (χ1) is 13.9. The number of hydrogen-bond acceptors (Lipinski definition) is 6. The van der Waals surface area contributed by atoms with E-state index in [-0.39, 0.29) is 23.6 Å². The molecule has 154 valence electrons. The van der Waals surface area contributed by atoms with Crippen molar-refractivity contribution in [3.8, 4) is 0 Å². The maximum absolute atomic E-state index is 12.8. The van der Waals surface area contributed by atoms with Crippen LogP contribution in [0.25, 0.3) is 11.1 Å². The molecule has 0 aliphatic carbocycles. The van der Waals surface area contributed by atoms with Crippen molar-refractivity contribution in [1.82, 2.24) is 4.57 Å². The van der Waals surface area contributed by atoms with Crippen LogP contribution >= 0.6 is 0 Å². The van der Waals surface area contributed by atoms with Crippen molar-refractivity contribution in [1.29, 1.82) is 0 Å². The number of esters is 1. The molecule has 29 heavy (non-hydrogen) atoms. The van der Waals surface area contributed by atoms with Gasteiger partial charge in [0.15, 0.2) is 5.58 Å². The minimum absolute atomic E-state index is 0.0506. The number of benzene rings is 2. The Balaban J connectivity index is 1.91. The Labute approximate surface area is 168 Å². The van der Waals surface area contributed by atoms with Gasteiger partial charge in [-0.2, -0.15) is 0 Å². The third kappa shape index (κ3) is 4.51. The number of fused-ring (bicyclic) bond motifs is 1. The van der Waals surface area contributed by atoms with E-state index in [1.807, 2.05) is 26.0 Å². The van der Waals surface area contributed by atoms with Gasteiger partial charge in [0, 0.05) is 6.07 Å². The average molecular weight is 418 g/mol. The van der Waals surface area contributed by atoms with Gasteiger partial charge in [-0.15, -0.1) is 0 Å². The van der Waals surface area contributed by atoms with E-state index in [4.69, 9.17) is 9.15 Å². The van der Waals surface area contributed by atoms with Crippen LogP contribution in [0.4, 0.5) is 5.69 Å². The zero-order valence-corrected chi connectivity index (χ0v) is 17.0. The number of hydrogen-bond donors (Lipinski definition) is 1. The molecule has 0 saturated carbocycles. The van der Waals surface area contributed by atoms with Crippen LogP contribution in [0.15, 0.2) is 56.6 Å². The molecule has 0 amide bonds. The second-order valence-corrected chi connectivity index (χ2v) is 8.10. The molecule has 0 unspecified atom stereocenters. The lowest BCUT2D eigenvalue weighted by atomic mass is 10.1. The summed E-state index contributed by atoms with van der Waals surface area (Å²) in [5, 5.41) is 0. The molecule has 3 rings (SSSR count). The summed E-state index contributed by atoms with van der Waals surface area (Å²) in [5.41, 5.74) is 1.74. The third-order valence-electron chi connectivity index (χ3n) is 4.35. The molecule has 1 heterocycles. The van der Waals surface area contributed by atoms with E-state index in [2.05, 4.69) is 4.72 Å². The highest BCUT2D eigenvalue weighted by molar-refractivity contribution is 7.92. The second kappa shape index (κ2) is 8.52. The highest BCUT2D eigenvalue weighted by Gasteiger charge is 2.20. The largest absolute Gasteiger partial charge is 0.464 e. The van der Waals surface area contributed by atoms with E-state index in [1.54, 1.807) is 12.1 Å². The molecule has 0 atom stereocenters. The summed E-state index contributed by atoms with van der Waals surface area (Å²) >= 11 is 0. The van der Waals surface area contributed by atoms with Gasteiger partial charge in [0.25, 0.3) is 10.0 Å². The molecule has 0 saturated heterocycles. The fraction of sp³-hybridized carbons (Fsp3) is 0.300. The predicted molar refractivity (Wildman–Crippen MR) is 108 cm³/mol. The molecular weight excluding hydrogens is 396 g/mol. The zero-order chi connectivity index (χ0) is 21.0. The van der Waals surface area contributed by atoms with Crippen LogP contribution in [0, 0.1) is 0 Å². The van der Waals surface area contributed by atoms with Crippen LogP contribution in [0.2, 0.25) is 0 Å².